The molecule has 3 rings (SSSR count). The molecular weight excluding hydrogens is 335 g/mol. The summed E-state index contributed by atoms with van der Waals surface area (Å²) in [6, 6.07) is 4.20. The topological polar surface area (TPSA) is 52.6 Å². The normalized spacial score (nSPS) is 28.2. The quantitative estimate of drug-likeness (QED) is 0.846. The summed E-state index contributed by atoms with van der Waals surface area (Å²) in [5, 5.41) is 13.5. The largest absolute Gasteiger partial charge is 0.506 e. The van der Waals surface area contributed by atoms with E-state index in [1.165, 1.54) is 31.4 Å². The maximum atomic E-state index is 12.5. The van der Waals surface area contributed by atoms with Gasteiger partial charge in [0.1, 0.15) is 5.75 Å². The molecule has 2 N–H and O–H groups in total. The molecule has 6 heteroatoms. The molecule has 2 heterocycles. The van der Waals surface area contributed by atoms with Gasteiger partial charge < -0.3 is 10.4 Å². The van der Waals surface area contributed by atoms with E-state index in [9.17, 15) is 9.90 Å². The van der Waals surface area contributed by atoms with Crippen LogP contribution in [0.15, 0.2) is 12.1 Å². The summed E-state index contributed by atoms with van der Waals surface area (Å²) >= 11 is 11.8. The van der Waals surface area contributed by atoms with Gasteiger partial charge in [-0.2, -0.15) is 0 Å². The van der Waals surface area contributed by atoms with Gasteiger partial charge in [0.15, 0.2) is 0 Å². The van der Waals surface area contributed by atoms with Crippen molar-refractivity contribution in [3.05, 3.63) is 27.7 Å². The van der Waals surface area contributed by atoms with Gasteiger partial charge in [-0.3, -0.25) is 9.69 Å². The van der Waals surface area contributed by atoms with E-state index in [1.54, 1.807) is 0 Å². The standard InChI is InChI=1S/C17H22Cl2N2O2/c1-10-3-2-4-13-9-12(5-6-21(10)13)20-17(23)14-7-11(18)8-15(19)16(14)22/h7-8,10,12-13,22H,2-6,9H2,1H3,(H,20,23)/t10-,12+,13-/m1/s1. The number of fused-ring (bicyclic) bond motifs is 1. The van der Waals surface area contributed by atoms with E-state index in [2.05, 4.69) is 17.1 Å². The van der Waals surface area contributed by atoms with Crippen molar-refractivity contribution in [3.8, 4) is 5.75 Å². The lowest BCUT2D eigenvalue weighted by molar-refractivity contribution is 0.0457. The van der Waals surface area contributed by atoms with Crippen molar-refractivity contribution >= 4 is 29.1 Å². The highest BCUT2D eigenvalue weighted by Gasteiger charge is 2.34. The number of piperidine rings is 2. The minimum atomic E-state index is -0.311. The zero-order valence-corrected chi connectivity index (χ0v) is 14.7. The molecule has 2 aliphatic rings. The van der Waals surface area contributed by atoms with Gasteiger partial charge in [-0.25, -0.2) is 0 Å². The van der Waals surface area contributed by atoms with Crippen molar-refractivity contribution in [1.29, 1.82) is 0 Å². The number of carbonyl (C=O) groups is 1. The molecule has 2 saturated heterocycles. The van der Waals surface area contributed by atoms with Crippen LogP contribution in [0.5, 0.6) is 5.75 Å². The van der Waals surface area contributed by atoms with Crippen molar-refractivity contribution in [2.75, 3.05) is 6.54 Å². The third-order valence-corrected chi connectivity index (χ3v) is 5.60. The van der Waals surface area contributed by atoms with E-state index in [0.29, 0.717) is 17.1 Å². The molecule has 2 fully saturated rings. The van der Waals surface area contributed by atoms with Gasteiger partial charge >= 0.3 is 0 Å². The molecule has 0 aliphatic carbocycles. The average molecular weight is 357 g/mol. The molecule has 0 unspecified atom stereocenters. The van der Waals surface area contributed by atoms with Crippen molar-refractivity contribution in [1.82, 2.24) is 10.2 Å². The number of hydrogen-bond acceptors (Lipinski definition) is 3. The van der Waals surface area contributed by atoms with Crippen LogP contribution < -0.4 is 5.32 Å². The van der Waals surface area contributed by atoms with Crippen LogP contribution >= 0.6 is 23.2 Å². The highest BCUT2D eigenvalue weighted by atomic mass is 35.5. The van der Waals surface area contributed by atoms with E-state index >= 15 is 0 Å². The van der Waals surface area contributed by atoms with E-state index in [0.717, 1.165) is 19.4 Å². The molecule has 23 heavy (non-hydrogen) atoms. The van der Waals surface area contributed by atoms with Crippen LogP contribution in [0, 0.1) is 0 Å². The summed E-state index contributed by atoms with van der Waals surface area (Å²) < 4.78 is 0. The van der Waals surface area contributed by atoms with Gasteiger partial charge in [0.2, 0.25) is 0 Å². The molecule has 0 aromatic heterocycles. The third-order valence-electron chi connectivity index (χ3n) is 5.09. The smallest absolute Gasteiger partial charge is 0.255 e. The van der Waals surface area contributed by atoms with Crippen molar-refractivity contribution < 1.29 is 9.90 Å². The maximum Gasteiger partial charge on any atom is 0.255 e. The van der Waals surface area contributed by atoms with Crippen LogP contribution in [-0.2, 0) is 0 Å². The second kappa shape index (κ2) is 6.88. The molecule has 0 radical (unpaired) electrons. The second-order valence-corrected chi connectivity index (χ2v) is 7.49. The summed E-state index contributed by atoms with van der Waals surface area (Å²) in [5.74, 6) is -0.522. The van der Waals surface area contributed by atoms with Gasteiger partial charge in [0, 0.05) is 29.7 Å². The number of aromatic hydroxyl groups is 1. The lowest BCUT2D eigenvalue weighted by Crippen LogP contribution is -2.54. The third kappa shape index (κ3) is 3.59. The Morgan fingerprint density at radius 3 is 2.87 bits per heavy atom. The molecular formula is C17H22Cl2N2O2. The Morgan fingerprint density at radius 2 is 2.09 bits per heavy atom. The van der Waals surface area contributed by atoms with E-state index in [4.69, 9.17) is 23.2 Å². The zero-order chi connectivity index (χ0) is 16.6. The number of phenolic OH excluding ortho intramolecular Hbond substituents is 1. The Kier molecular flexibility index (Phi) is 5.04. The molecule has 0 bridgehead atoms. The maximum absolute atomic E-state index is 12.5. The average Bonchev–Trinajstić information content (AvgIpc) is 2.51. The number of nitrogens with one attached hydrogen (secondary N) is 1. The Bertz CT molecular complexity index is 609. The molecule has 1 aromatic carbocycles. The van der Waals surface area contributed by atoms with Gasteiger partial charge in [0.25, 0.3) is 5.91 Å². The molecule has 3 atom stereocenters. The Morgan fingerprint density at radius 1 is 1.30 bits per heavy atom. The number of carbonyl (C=O) groups excluding carboxylic acids is 1. The first-order valence-corrected chi connectivity index (χ1v) is 8.96. The molecule has 126 valence electrons. The summed E-state index contributed by atoms with van der Waals surface area (Å²) in [4.78, 5) is 15.0. The molecule has 2 aliphatic heterocycles. The molecule has 0 saturated carbocycles. The van der Waals surface area contributed by atoms with Crippen molar-refractivity contribution in [3.63, 3.8) is 0 Å². The Labute approximate surface area is 146 Å². The summed E-state index contributed by atoms with van der Waals surface area (Å²) in [6.07, 6.45) is 5.62. The fraction of sp³-hybridized carbons (Fsp3) is 0.588. The highest BCUT2D eigenvalue weighted by Crippen LogP contribution is 2.33. The number of phenols is 1. The van der Waals surface area contributed by atoms with Crippen LogP contribution in [0.4, 0.5) is 0 Å². The van der Waals surface area contributed by atoms with Crippen molar-refractivity contribution in [2.45, 2.75) is 57.2 Å². The molecule has 1 amide bonds. The number of hydrogen-bond donors (Lipinski definition) is 2. The van der Waals surface area contributed by atoms with Crippen LogP contribution in [0.1, 0.15) is 49.4 Å². The monoisotopic (exact) mass is 356 g/mol. The number of benzene rings is 1. The highest BCUT2D eigenvalue weighted by molar-refractivity contribution is 6.36. The summed E-state index contributed by atoms with van der Waals surface area (Å²) in [7, 11) is 0. The van der Waals surface area contributed by atoms with Crippen LogP contribution in [-0.4, -0.2) is 40.6 Å². The van der Waals surface area contributed by atoms with E-state index < -0.39 is 0 Å². The van der Waals surface area contributed by atoms with Gasteiger partial charge in [-0.05, 0) is 44.7 Å². The van der Waals surface area contributed by atoms with E-state index in [1.807, 2.05) is 0 Å². The van der Waals surface area contributed by atoms with Crippen LogP contribution in [0.3, 0.4) is 0 Å². The number of amides is 1. The minimum absolute atomic E-state index is 0.0959. The summed E-state index contributed by atoms with van der Waals surface area (Å²) in [5.41, 5.74) is 0.141. The van der Waals surface area contributed by atoms with Crippen LogP contribution in [0.2, 0.25) is 10.0 Å². The summed E-state index contributed by atoms with van der Waals surface area (Å²) in [6.45, 7) is 3.30. The van der Waals surface area contributed by atoms with Crippen LogP contribution in [0.25, 0.3) is 0 Å². The molecule has 4 nitrogen and oxygen atoms in total. The van der Waals surface area contributed by atoms with Crippen molar-refractivity contribution in [2.24, 2.45) is 0 Å². The van der Waals surface area contributed by atoms with E-state index in [-0.39, 0.29) is 28.3 Å². The van der Waals surface area contributed by atoms with Gasteiger partial charge in [-0.15, -0.1) is 0 Å². The van der Waals surface area contributed by atoms with Gasteiger partial charge in [-0.1, -0.05) is 29.6 Å². The zero-order valence-electron chi connectivity index (χ0n) is 13.2. The predicted octanol–water partition coefficient (Wildman–Crippen LogP) is 3.83. The fourth-order valence-corrected chi connectivity index (χ4v) is 4.37. The SMILES string of the molecule is C[C@@H]1CCC[C@@H]2C[C@@H](NC(=O)c3cc(Cl)cc(Cl)c3O)CCN21. The Balaban J connectivity index is 1.67. The lowest BCUT2D eigenvalue weighted by Gasteiger charge is -2.46. The fourth-order valence-electron chi connectivity index (χ4n) is 3.88. The predicted molar refractivity (Wildman–Crippen MR) is 92.4 cm³/mol. The molecule has 1 aromatic rings. The first kappa shape index (κ1) is 16.9. The first-order valence-electron chi connectivity index (χ1n) is 8.20. The minimum Gasteiger partial charge on any atom is -0.506 e. The number of rotatable bonds is 2. The lowest BCUT2D eigenvalue weighted by atomic mass is 9.87. The first-order chi connectivity index (χ1) is 11.0. The number of halogens is 2. The Hall–Kier alpha value is -0.970. The molecule has 0 spiro atoms. The second-order valence-electron chi connectivity index (χ2n) is 6.65. The van der Waals surface area contributed by atoms with Gasteiger partial charge in [0.05, 0.1) is 10.6 Å². The number of nitrogens with zero attached hydrogens (tertiary/aromatic N) is 1.